The molecule has 0 atom stereocenters. The monoisotopic (exact) mass is 400 g/mol. The summed E-state index contributed by atoms with van der Waals surface area (Å²) in [6.07, 6.45) is 12.0. The summed E-state index contributed by atoms with van der Waals surface area (Å²) in [7, 11) is 0. The molecule has 0 aromatic heterocycles. The van der Waals surface area contributed by atoms with Gasteiger partial charge in [0.1, 0.15) is 5.75 Å². The van der Waals surface area contributed by atoms with Gasteiger partial charge in [0, 0.05) is 6.42 Å². The van der Waals surface area contributed by atoms with E-state index in [0.29, 0.717) is 5.75 Å². The van der Waals surface area contributed by atoms with Crippen LogP contribution in [0.4, 0.5) is 0 Å². The molecule has 0 bridgehead atoms. The standard InChI is InChI=1S/C25H36O4/c1-3-5-6-7-8-9-10-11-12-13-14-20-28-24(26)18-19-25(27)29-23-17-15-16-22(4-2)21-23/h15-17,21H,3-12,18-20H2,1-2H3. The Labute approximate surface area is 176 Å². The minimum Gasteiger partial charge on any atom is -0.452 e. The first-order valence-electron chi connectivity index (χ1n) is 11.1. The number of esters is 2. The zero-order chi connectivity index (χ0) is 21.2. The predicted octanol–water partition coefficient (Wildman–Crippen LogP) is 6.01. The largest absolute Gasteiger partial charge is 0.452 e. The molecule has 0 aliphatic heterocycles. The fourth-order valence-corrected chi connectivity index (χ4v) is 2.89. The van der Waals surface area contributed by atoms with E-state index in [9.17, 15) is 9.59 Å². The van der Waals surface area contributed by atoms with Crippen LogP contribution < -0.4 is 4.74 Å². The van der Waals surface area contributed by atoms with Crippen molar-refractivity contribution >= 4 is 11.9 Å². The van der Waals surface area contributed by atoms with Gasteiger partial charge in [0.25, 0.3) is 0 Å². The lowest BCUT2D eigenvalue weighted by Crippen LogP contribution is -2.12. The zero-order valence-electron chi connectivity index (χ0n) is 18.1. The van der Waals surface area contributed by atoms with Gasteiger partial charge in [0.2, 0.25) is 0 Å². The van der Waals surface area contributed by atoms with Gasteiger partial charge in [0.15, 0.2) is 6.61 Å². The Kier molecular flexibility index (Phi) is 14.2. The number of rotatable bonds is 14. The molecule has 0 spiro atoms. The van der Waals surface area contributed by atoms with E-state index in [0.717, 1.165) is 24.8 Å². The summed E-state index contributed by atoms with van der Waals surface area (Å²) >= 11 is 0. The maximum absolute atomic E-state index is 11.8. The summed E-state index contributed by atoms with van der Waals surface area (Å²) in [5.41, 5.74) is 1.10. The SMILES string of the molecule is CCCCCCCCCCC#CCOC(=O)CCC(=O)Oc1cccc(CC)c1. The minimum atomic E-state index is -0.434. The second-order valence-corrected chi connectivity index (χ2v) is 7.21. The van der Waals surface area contributed by atoms with Gasteiger partial charge in [-0.2, -0.15) is 0 Å². The Morgan fingerprint density at radius 1 is 0.862 bits per heavy atom. The van der Waals surface area contributed by atoms with Gasteiger partial charge in [-0.15, -0.1) is 0 Å². The highest BCUT2D eigenvalue weighted by Gasteiger charge is 2.10. The molecule has 29 heavy (non-hydrogen) atoms. The van der Waals surface area contributed by atoms with Crippen LogP contribution in [0.1, 0.15) is 90.0 Å². The number of unbranched alkanes of at least 4 members (excludes halogenated alkanes) is 8. The maximum Gasteiger partial charge on any atom is 0.311 e. The molecular formula is C25H36O4. The van der Waals surface area contributed by atoms with Crippen LogP contribution in [0.3, 0.4) is 0 Å². The fourth-order valence-electron chi connectivity index (χ4n) is 2.89. The van der Waals surface area contributed by atoms with Crippen molar-refractivity contribution in [2.45, 2.75) is 90.9 Å². The van der Waals surface area contributed by atoms with Crippen molar-refractivity contribution in [2.75, 3.05) is 6.61 Å². The molecule has 0 N–H and O–H groups in total. The van der Waals surface area contributed by atoms with Gasteiger partial charge in [-0.05, 0) is 30.5 Å². The molecule has 0 unspecified atom stereocenters. The van der Waals surface area contributed by atoms with E-state index in [2.05, 4.69) is 18.8 Å². The number of carbonyl (C=O) groups excluding carboxylic acids is 2. The molecule has 1 aromatic carbocycles. The van der Waals surface area contributed by atoms with Crippen LogP contribution in [0, 0.1) is 11.8 Å². The van der Waals surface area contributed by atoms with E-state index in [1.54, 1.807) is 6.07 Å². The lowest BCUT2D eigenvalue weighted by Gasteiger charge is -2.05. The zero-order valence-corrected chi connectivity index (χ0v) is 18.1. The van der Waals surface area contributed by atoms with Crippen molar-refractivity contribution in [3.8, 4) is 17.6 Å². The molecule has 0 saturated heterocycles. The van der Waals surface area contributed by atoms with Gasteiger partial charge in [-0.25, -0.2) is 0 Å². The Balaban J connectivity index is 2.04. The first kappa shape index (κ1) is 24.8. The van der Waals surface area contributed by atoms with Gasteiger partial charge >= 0.3 is 11.9 Å². The van der Waals surface area contributed by atoms with Crippen LogP contribution in [0.5, 0.6) is 5.75 Å². The highest BCUT2D eigenvalue weighted by atomic mass is 16.5. The van der Waals surface area contributed by atoms with Crippen molar-refractivity contribution in [3.63, 3.8) is 0 Å². The Morgan fingerprint density at radius 3 is 2.28 bits per heavy atom. The van der Waals surface area contributed by atoms with Crippen LogP contribution in [0.2, 0.25) is 0 Å². The highest BCUT2D eigenvalue weighted by Crippen LogP contribution is 2.14. The summed E-state index contributed by atoms with van der Waals surface area (Å²) in [4.78, 5) is 23.5. The molecule has 0 radical (unpaired) electrons. The number of hydrogen-bond donors (Lipinski definition) is 0. The number of aryl methyl sites for hydroxylation is 1. The summed E-state index contributed by atoms with van der Waals surface area (Å²) in [5.74, 6) is 5.56. The quantitative estimate of drug-likeness (QED) is 0.166. The smallest absolute Gasteiger partial charge is 0.311 e. The van der Waals surface area contributed by atoms with Gasteiger partial charge in [0.05, 0.1) is 12.8 Å². The van der Waals surface area contributed by atoms with E-state index in [1.807, 2.05) is 25.1 Å². The molecule has 0 amide bonds. The number of carbonyl (C=O) groups is 2. The third-order valence-electron chi connectivity index (χ3n) is 4.66. The molecule has 160 valence electrons. The van der Waals surface area contributed by atoms with E-state index in [-0.39, 0.29) is 19.4 Å². The average Bonchev–Trinajstić information content (AvgIpc) is 2.73. The fraction of sp³-hybridized carbons (Fsp3) is 0.600. The third kappa shape index (κ3) is 13.5. The number of hydrogen-bond acceptors (Lipinski definition) is 4. The van der Waals surface area contributed by atoms with E-state index < -0.39 is 11.9 Å². The third-order valence-corrected chi connectivity index (χ3v) is 4.66. The Bertz CT molecular complexity index is 654. The van der Waals surface area contributed by atoms with E-state index >= 15 is 0 Å². The van der Waals surface area contributed by atoms with Crippen molar-refractivity contribution < 1.29 is 19.1 Å². The predicted molar refractivity (Wildman–Crippen MR) is 117 cm³/mol. The first-order valence-corrected chi connectivity index (χ1v) is 11.1. The van der Waals surface area contributed by atoms with Crippen LogP contribution in [0.15, 0.2) is 24.3 Å². The summed E-state index contributed by atoms with van der Waals surface area (Å²) in [6.45, 7) is 4.36. The van der Waals surface area contributed by atoms with E-state index in [4.69, 9.17) is 9.47 Å². The summed E-state index contributed by atoms with van der Waals surface area (Å²) in [6, 6.07) is 7.39. The van der Waals surface area contributed by atoms with Crippen molar-refractivity contribution in [1.82, 2.24) is 0 Å². The topological polar surface area (TPSA) is 52.6 Å². The molecule has 1 rings (SSSR count). The van der Waals surface area contributed by atoms with Crippen molar-refractivity contribution in [1.29, 1.82) is 0 Å². The average molecular weight is 401 g/mol. The highest BCUT2D eigenvalue weighted by molar-refractivity contribution is 5.79. The number of benzene rings is 1. The molecule has 0 heterocycles. The normalized spacial score (nSPS) is 10.1. The lowest BCUT2D eigenvalue weighted by atomic mass is 10.1. The number of ether oxygens (including phenoxy) is 2. The second-order valence-electron chi connectivity index (χ2n) is 7.21. The second kappa shape index (κ2) is 16.7. The Hall–Kier alpha value is -2.28. The van der Waals surface area contributed by atoms with Crippen LogP contribution in [0.25, 0.3) is 0 Å². The first-order chi connectivity index (χ1) is 14.2. The van der Waals surface area contributed by atoms with Crippen molar-refractivity contribution in [2.24, 2.45) is 0 Å². The molecule has 0 aliphatic carbocycles. The summed E-state index contributed by atoms with van der Waals surface area (Å²) < 4.78 is 10.3. The van der Waals surface area contributed by atoms with E-state index in [1.165, 1.54) is 44.9 Å². The van der Waals surface area contributed by atoms with Crippen LogP contribution in [-0.2, 0) is 20.7 Å². The molecule has 0 fully saturated rings. The van der Waals surface area contributed by atoms with Crippen LogP contribution in [-0.4, -0.2) is 18.5 Å². The summed E-state index contributed by atoms with van der Waals surface area (Å²) in [5, 5.41) is 0. The lowest BCUT2D eigenvalue weighted by molar-refractivity contribution is -0.145. The van der Waals surface area contributed by atoms with Gasteiger partial charge in [-0.3, -0.25) is 9.59 Å². The van der Waals surface area contributed by atoms with Gasteiger partial charge in [-0.1, -0.05) is 82.8 Å². The Morgan fingerprint density at radius 2 is 1.55 bits per heavy atom. The van der Waals surface area contributed by atoms with Crippen molar-refractivity contribution in [3.05, 3.63) is 29.8 Å². The minimum absolute atomic E-state index is 0.000864. The molecule has 1 aromatic rings. The van der Waals surface area contributed by atoms with Crippen LogP contribution >= 0.6 is 0 Å². The molecule has 0 saturated carbocycles. The maximum atomic E-state index is 11.8. The molecule has 4 nitrogen and oxygen atoms in total. The molecule has 4 heteroatoms. The molecular weight excluding hydrogens is 364 g/mol. The van der Waals surface area contributed by atoms with Gasteiger partial charge < -0.3 is 9.47 Å². The molecule has 0 aliphatic rings.